The first-order valence-corrected chi connectivity index (χ1v) is 9.06. The molecule has 1 N–H and O–H groups in total. The Kier molecular flexibility index (Phi) is 7.09. The van der Waals surface area contributed by atoms with Crippen molar-refractivity contribution < 1.29 is 14.5 Å². The standard InChI is InChI=1S/C17H17ClN2O4S/c1-2-24-14-7-8-15(16(9-14)20(22)23)19-17(21)11-25-10-12-3-5-13(18)6-4-12/h3-9H,2,10-11H2,1H3,(H,19,21). The number of nitro groups is 1. The topological polar surface area (TPSA) is 81.5 Å². The monoisotopic (exact) mass is 380 g/mol. The number of anilines is 1. The molecule has 1 amide bonds. The lowest BCUT2D eigenvalue weighted by Crippen LogP contribution is -2.15. The Morgan fingerprint density at radius 3 is 2.64 bits per heavy atom. The number of rotatable bonds is 8. The van der Waals surface area contributed by atoms with E-state index in [1.165, 1.54) is 23.9 Å². The van der Waals surface area contributed by atoms with Gasteiger partial charge in [-0.2, -0.15) is 0 Å². The maximum Gasteiger partial charge on any atom is 0.296 e. The molecule has 0 aliphatic heterocycles. The van der Waals surface area contributed by atoms with Gasteiger partial charge < -0.3 is 10.1 Å². The van der Waals surface area contributed by atoms with E-state index >= 15 is 0 Å². The number of carbonyl (C=O) groups excluding carboxylic acids is 1. The third kappa shape index (κ3) is 5.95. The Balaban J connectivity index is 1.93. The molecule has 6 nitrogen and oxygen atoms in total. The Hall–Kier alpha value is -2.25. The summed E-state index contributed by atoms with van der Waals surface area (Å²) >= 11 is 7.24. The molecular formula is C17H17ClN2O4S. The molecule has 0 saturated heterocycles. The summed E-state index contributed by atoms with van der Waals surface area (Å²) in [6.07, 6.45) is 0. The smallest absolute Gasteiger partial charge is 0.296 e. The fraction of sp³-hybridized carbons (Fsp3) is 0.235. The molecule has 0 atom stereocenters. The van der Waals surface area contributed by atoms with Crippen molar-refractivity contribution in [1.82, 2.24) is 0 Å². The number of carbonyl (C=O) groups is 1. The third-order valence-corrected chi connectivity index (χ3v) is 4.42. The van der Waals surface area contributed by atoms with Crippen LogP contribution in [0.1, 0.15) is 12.5 Å². The van der Waals surface area contributed by atoms with Crippen molar-refractivity contribution in [2.45, 2.75) is 12.7 Å². The van der Waals surface area contributed by atoms with E-state index in [9.17, 15) is 14.9 Å². The molecule has 8 heteroatoms. The summed E-state index contributed by atoms with van der Waals surface area (Å²) < 4.78 is 5.25. The van der Waals surface area contributed by atoms with Gasteiger partial charge in [-0.1, -0.05) is 23.7 Å². The molecule has 0 spiro atoms. The largest absolute Gasteiger partial charge is 0.494 e. The molecule has 2 rings (SSSR count). The molecule has 0 saturated carbocycles. The van der Waals surface area contributed by atoms with Crippen LogP contribution in [0.4, 0.5) is 11.4 Å². The molecule has 0 aliphatic rings. The SMILES string of the molecule is CCOc1ccc(NC(=O)CSCc2ccc(Cl)cc2)c([N+](=O)[O-])c1. The van der Waals surface area contributed by atoms with Crippen molar-refractivity contribution >= 4 is 40.6 Å². The molecule has 0 aromatic heterocycles. The van der Waals surface area contributed by atoms with Gasteiger partial charge in [0, 0.05) is 10.8 Å². The number of ether oxygens (including phenoxy) is 1. The number of thioether (sulfide) groups is 1. The van der Waals surface area contributed by atoms with E-state index in [4.69, 9.17) is 16.3 Å². The van der Waals surface area contributed by atoms with Gasteiger partial charge in [-0.15, -0.1) is 11.8 Å². The summed E-state index contributed by atoms with van der Waals surface area (Å²) in [6, 6.07) is 11.7. The molecule has 0 unspecified atom stereocenters. The van der Waals surface area contributed by atoms with Crippen molar-refractivity contribution in [2.75, 3.05) is 17.7 Å². The summed E-state index contributed by atoms with van der Waals surface area (Å²) in [4.78, 5) is 22.7. The van der Waals surface area contributed by atoms with Gasteiger partial charge in [-0.25, -0.2) is 0 Å². The second-order valence-corrected chi connectivity index (χ2v) is 6.46. The predicted molar refractivity (Wildman–Crippen MR) is 101 cm³/mol. The van der Waals surface area contributed by atoms with Crippen LogP contribution in [0.2, 0.25) is 5.02 Å². The molecular weight excluding hydrogens is 364 g/mol. The number of benzene rings is 2. The van der Waals surface area contributed by atoms with Crippen LogP contribution in [0.3, 0.4) is 0 Å². The minimum atomic E-state index is -0.543. The van der Waals surface area contributed by atoms with Crippen LogP contribution in [0, 0.1) is 10.1 Å². The van der Waals surface area contributed by atoms with Gasteiger partial charge >= 0.3 is 0 Å². The van der Waals surface area contributed by atoms with Gasteiger partial charge in [0.15, 0.2) is 0 Å². The highest BCUT2D eigenvalue weighted by Crippen LogP contribution is 2.29. The quantitative estimate of drug-likeness (QED) is 0.538. The number of nitro benzene ring substituents is 1. The van der Waals surface area contributed by atoms with Crippen molar-refractivity contribution in [2.24, 2.45) is 0 Å². The number of nitrogens with zero attached hydrogens (tertiary/aromatic N) is 1. The minimum absolute atomic E-state index is 0.158. The molecule has 132 valence electrons. The van der Waals surface area contributed by atoms with Crippen molar-refractivity contribution in [1.29, 1.82) is 0 Å². The lowest BCUT2D eigenvalue weighted by Gasteiger charge is -2.08. The highest BCUT2D eigenvalue weighted by Gasteiger charge is 2.17. The maximum atomic E-state index is 12.0. The van der Waals surface area contributed by atoms with E-state index < -0.39 is 4.92 Å². The van der Waals surface area contributed by atoms with Gasteiger partial charge in [0.2, 0.25) is 5.91 Å². The van der Waals surface area contributed by atoms with E-state index in [0.717, 1.165) is 5.56 Å². The zero-order valence-corrected chi connectivity index (χ0v) is 15.1. The molecule has 2 aromatic rings. The first-order valence-electron chi connectivity index (χ1n) is 7.53. The number of nitrogens with one attached hydrogen (secondary N) is 1. The normalized spacial score (nSPS) is 10.3. The van der Waals surface area contributed by atoms with Crippen molar-refractivity contribution in [3.8, 4) is 5.75 Å². The molecule has 0 radical (unpaired) electrons. The Morgan fingerprint density at radius 2 is 2.00 bits per heavy atom. The number of amides is 1. The first kappa shape index (κ1) is 19.1. The average Bonchev–Trinajstić information content (AvgIpc) is 2.58. The van der Waals surface area contributed by atoms with E-state index in [-0.39, 0.29) is 23.0 Å². The van der Waals surface area contributed by atoms with Crippen LogP contribution in [0.15, 0.2) is 42.5 Å². The fourth-order valence-corrected chi connectivity index (χ4v) is 2.97. The van der Waals surface area contributed by atoms with Crippen LogP contribution in [-0.2, 0) is 10.5 Å². The molecule has 0 aliphatic carbocycles. The second-order valence-electron chi connectivity index (χ2n) is 5.04. The highest BCUT2D eigenvalue weighted by molar-refractivity contribution is 7.99. The third-order valence-electron chi connectivity index (χ3n) is 3.17. The summed E-state index contributed by atoms with van der Waals surface area (Å²) in [5.41, 5.74) is 1.02. The highest BCUT2D eigenvalue weighted by atomic mass is 35.5. The predicted octanol–water partition coefficient (Wildman–Crippen LogP) is 4.52. The lowest BCUT2D eigenvalue weighted by molar-refractivity contribution is -0.384. The number of hydrogen-bond donors (Lipinski definition) is 1. The van der Waals surface area contributed by atoms with Crippen LogP contribution in [0.5, 0.6) is 5.75 Å². The first-order chi connectivity index (χ1) is 12.0. The van der Waals surface area contributed by atoms with Crippen LogP contribution >= 0.6 is 23.4 Å². The summed E-state index contributed by atoms with van der Waals surface area (Å²) in [5, 5.41) is 14.4. The fourth-order valence-electron chi connectivity index (χ4n) is 2.05. The molecule has 0 fully saturated rings. The van der Waals surface area contributed by atoms with Crippen LogP contribution < -0.4 is 10.1 Å². The van der Waals surface area contributed by atoms with E-state index in [2.05, 4.69) is 5.32 Å². The van der Waals surface area contributed by atoms with E-state index in [1.807, 2.05) is 12.1 Å². The van der Waals surface area contributed by atoms with Gasteiger partial charge in [0.25, 0.3) is 5.69 Å². The lowest BCUT2D eigenvalue weighted by atomic mass is 10.2. The van der Waals surface area contributed by atoms with E-state index in [1.54, 1.807) is 25.1 Å². The summed E-state index contributed by atoms with van der Waals surface area (Å²) in [6.45, 7) is 2.20. The number of hydrogen-bond acceptors (Lipinski definition) is 5. The van der Waals surface area contributed by atoms with E-state index in [0.29, 0.717) is 23.1 Å². The summed E-state index contributed by atoms with van der Waals surface area (Å²) in [7, 11) is 0. The minimum Gasteiger partial charge on any atom is -0.494 e. The van der Waals surface area contributed by atoms with Gasteiger partial charge in [0.05, 0.1) is 23.3 Å². The average molecular weight is 381 g/mol. The molecule has 25 heavy (non-hydrogen) atoms. The van der Waals surface area contributed by atoms with Gasteiger partial charge in [-0.3, -0.25) is 14.9 Å². The van der Waals surface area contributed by atoms with Gasteiger partial charge in [-0.05, 0) is 36.8 Å². The van der Waals surface area contributed by atoms with Crippen molar-refractivity contribution in [3.63, 3.8) is 0 Å². The Morgan fingerprint density at radius 1 is 1.28 bits per heavy atom. The van der Waals surface area contributed by atoms with Gasteiger partial charge in [0.1, 0.15) is 11.4 Å². The van der Waals surface area contributed by atoms with Crippen LogP contribution in [-0.4, -0.2) is 23.2 Å². The molecule has 0 heterocycles. The zero-order chi connectivity index (χ0) is 18.2. The second kappa shape index (κ2) is 9.29. The maximum absolute atomic E-state index is 12.0. The Labute approximate surface area is 154 Å². The zero-order valence-electron chi connectivity index (χ0n) is 13.5. The molecule has 0 bridgehead atoms. The van der Waals surface area contributed by atoms with Crippen LogP contribution in [0.25, 0.3) is 0 Å². The Bertz CT molecular complexity index is 753. The number of halogens is 1. The summed E-state index contributed by atoms with van der Waals surface area (Å²) in [5.74, 6) is 0.929. The molecule has 2 aromatic carbocycles. The van der Waals surface area contributed by atoms with Crippen molar-refractivity contribution in [3.05, 3.63) is 63.2 Å².